The fourth-order valence-corrected chi connectivity index (χ4v) is 4.20. The van der Waals surface area contributed by atoms with Gasteiger partial charge in [-0.25, -0.2) is 4.79 Å². The molecule has 5 heteroatoms. The van der Waals surface area contributed by atoms with E-state index in [0.717, 1.165) is 10.9 Å². The lowest BCUT2D eigenvalue weighted by molar-refractivity contribution is -0.165. The largest absolute Gasteiger partial charge is 0.495 e. The normalized spacial score (nSPS) is 21.9. The van der Waals surface area contributed by atoms with Crippen LogP contribution < -0.4 is 10.4 Å². The van der Waals surface area contributed by atoms with Crippen molar-refractivity contribution in [3.05, 3.63) is 76.1 Å². The Hall–Kier alpha value is -2.63. The zero-order valence-corrected chi connectivity index (χ0v) is 17.2. The summed E-state index contributed by atoms with van der Waals surface area (Å²) in [7, 11) is 1.58. The molecule has 1 aliphatic rings. The first-order valence-electron chi connectivity index (χ1n) is 9.92. The molecule has 0 spiro atoms. The van der Waals surface area contributed by atoms with Gasteiger partial charge in [-0.1, -0.05) is 42.5 Å². The van der Waals surface area contributed by atoms with E-state index >= 15 is 0 Å². The van der Waals surface area contributed by atoms with Crippen LogP contribution in [0.5, 0.6) is 5.75 Å². The van der Waals surface area contributed by atoms with Crippen molar-refractivity contribution in [2.45, 2.75) is 51.1 Å². The minimum Gasteiger partial charge on any atom is -0.495 e. The molecule has 152 valence electrons. The highest BCUT2D eigenvalue weighted by Gasteiger charge is 2.43. The van der Waals surface area contributed by atoms with Crippen LogP contribution in [0.15, 0.2) is 63.8 Å². The molecule has 4 rings (SSSR count). The van der Waals surface area contributed by atoms with Crippen LogP contribution >= 0.6 is 0 Å². The number of benzene rings is 2. The summed E-state index contributed by atoms with van der Waals surface area (Å²) in [6.07, 6.45) is 0.420. The van der Waals surface area contributed by atoms with Gasteiger partial charge in [0.05, 0.1) is 30.3 Å². The zero-order chi connectivity index (χ0) is 20.6. The van der Waals surface area contributed by atoms with Gasteiger partial charge in [0.15, 0.2) is 5.79 Å². The third kappa shape index (κ3) is 3.68. The average molecular weight is 394 g/mol. The predicted octanol–water partition coefficient (Wildman–Crippen LogP) is 4.86. The standard InChI is InChI=1S/C24H26O5/c1-15-16(2)29-24(3,28-15)14-19(17-10-6-5-7-11-17)21-22(26-4)18-12-8-9-13-20(18)27-23(21)25/h5-13,15-16,19H,14H2,1-4H3/t15-,16-,19+/m0/s1. The second kappa shape index (κ2) is 7.65. The van der Waals surface area contributed by atoms with E-state index < -0.39 is 11.4 Å². The summed E-state index contributed by atoms with van der Waals surface area (Å²) < 4.78 is 23.7. The topological polar surface area (TPSA) is 57.9 Å². The molecule has 29 heavy (non-hydrogen) atoms. The lowest BCUT2D eigenvalue weighted by Gasteiger charge is -2.29. The molecule has 0 radical (unpaired) electrons. The van der Waals surface area contributed by atoms with Crippen molar-refractivity contribution in [1.82, 2.24) is 0 Å². The smallest absolute Gasteiger partial charge is 0.343 e. The van der Waals surface area contributed by atoms with E-state index in [4.69, 9.17) is 18.6 Å². The molecule has 1 saturated heterocycles. The first kappa shape index (κ1) is 19.7. The Morgan fingerprint density at radius 2 is 1.62 bits per heavy atom. The third-order valence-corrected chi connectivity index (χ3v) is 5.66. The Bertz CT molecular complexity index is 1050. The van der Waals surface area contributed by atoms with Gasteiger partial charge in [0.2, 0.25) is 0 Å². The first-order chi connectivity index (χ1) is 13.9. The van der Waals surface area contributed by atoms with E-state index in [1.807, 2.05) is 69.3 Å². The highest BCUT2D eigenvalue weighted by molar-refractivity contribution is 5.84. The Balaban J connectivity index is 1.89. The number of methoxy groups -OCH3 is 1. The van der Waals surface area contributed by atoms with Gasteiger partial charge < -0.3 is 18.6 Å². The van der Waals surface area contributed by atoms with E-state index in [2.05, 4.69) is 0 Å². The van der Waals surface area contributed by atoms with Gasteiger partial charge in [0.1, 0.15) is 11.3 Å². The first-order valence-corrected chi connectivity index (χ1v) is 9.92. The quantitative estimate of drug-likeness (QED) is 0.578. The van der Waals surface area contributed by atoms with Crippen LogP contribution in [0.4, 0.5) is 0 Å². The van der Waals surface area contributed by atoms with Crippen LogP contribution in [0.2, 0.25) is 0 Å². The van der Waals surface area contributed by atoms with Crippen LogP contribution in [0, 0.1) is 0 Å². The summed E-state index contributed by atoms with van der Waals surface area (Å²) in [6.45, 7) is 5.93. The molecule has 5 nitrogen and oxygen atoms in total. The summed E-state index contributed by atoms with van der Waals surface area (Å²) in [4.78, 5) is 13.1. The molecule has 3 atom stereocenters. The monoisotopic (exact) mass is 394 g/mol. The SMILES string of the molecule is COc1c([C@H](CC2(C)O[C@@H](C)[C@H](C)O2)c2ccccc2)c(=O)oc2ccccc12. The molecule has 0 unspecified atom stereocenters. The summed E-state index contributed by atoms with van der Waals surface area (Å²) in [5.74, 6) is -0.592. The molecule has 3 aromatic rings. The van der Waals surface area contributed by atoms with Crippen LogP contribution in [-0.4, -0.2) is 25.1 Å². The van der Waals surface area contributed by atoms with Crippen molar-refractivity contribution in [2.24, 2.45) is 0 Å². The molecule has 2 aromatic carbocycles. The van der Waals surface area contributed by atoms with E-state index in [0.29, 0.717) is 23.3 Å². The minimum atomic E-state index is -0.817. The van der Waals surface area contributed by atoms with Crippen LogP contribution in [0.25, 0.3) is 11.0 Å². The molecule has 0 saturated carbocycles. The Morgan fingerprint density at radius 1 is 1.00 bits per heavy atom. The van der Waals surface area contributed by atoms with E-state index in [1.165, 1.54) is 0 Å². The number of ether oxygens (including phenoxy) is 3. The highest BCUT2D eigenvalue weighted by Crippen LogP contribution is 2.42. The van der Waals surface area contributed by atoms with Crippen LogP contribution in [0.3, 0.4) is 0 Å². The fourth-order valence-electron chi connectivity index (χ4n) is 4.20. The molecule has 0 amide bonds. The molecule has 0 N–H and O–H groups in total. The van der Waals surface area contributed by atoms with Crippen LogP contribution in [0.1, 0.15) is 44.2 Å². The molecule has 1 fully saturated rings. The van der Waals surface area contributed by atoms with Gasteiger partial charge in [0, 0.05) is 12.3 Å². The Morgan fingerprint density at radius 3 is 2.28 bits per heavy atom. The van der Waals surface area contributed by atoms with Gasteiger partial charge in [-0.3, -0.25) is 0 Å². The number of fused-ring (bicyclic) bond motifs is 1. The summed E-state index contributed by atoms with van der Waals surface area (Å²) in [6, 6.07) is 17.3. The zero-order valence-electron chi connectivity index (χ0n) is 17.2. The van der Waals surface area contributed by atoms with Gasteiger partial charge in [-0.05, 0) is 38.5 Å². The van der Waals surface area contributed by atoms with Crippen molar-refractivity contribution < 1.29 is 18.6 Å². The van der Waals surface area contributed by atoms with Crippen molar-refractivity contribution in [1.29, 1.82) is 0 Å². The van der Waals surface area contributed by atoms with Gasteiger partial charge in [-0.2, -0.15) is 0 Å². The number of hydrogen-bond donors (Lipinski definition) is 0. The van der Waals surface area contributed by atoms with Gasteiger partial charge >= 0.3 is 5.63 Å². The highest BCUT2D eigenvalue weighted by atomic mass is 16.7. The van der Waals surface area contributed by atoms with Crippen molar-refractivity contribution in [3.8, 4) is 5.75 Å². The lowest BCUT2D eigenvalue weighted by atomic mass is 9.85. The Kier molecular flexibility index (Phi) is 5.19. The second-order valence-electron chi connectivity index (χ2n) is 7.78. The number of rotatable bonds is 5. The predicted molar refractivity (Wildman–Crippen MR) is 111 cm³/mol. The molecule has 0 aliphatic carbocycles. The summed E-state index contributed by atoms with van der Waals surface area (Å²) in [5, 5.41) is 0.769. The molecule has 1 aromatic heterocycles. The number of para-hydroxylation sites is 1. The maximum Gasteiger partial charge on any atom is 0.343 e. The van der Waals surface area contributed by atoms with Crippen molar-refractivity contribution in [3.63, 3.8) is 0 Å². The van der Waals surface area contributed by atoms with E-state index in [9.17, 15) is 4.79 Å². The third-order valence-electron chi connectivity index (χ3n) is 5.66. The maximum absolute atomic E-state index is 13.1. The number of hydrogen-bond acceptors (Lipinski definition) is 5. The van der Waals surface area contributed by atoms with Gasteiger partial charge in [0.25, 0.3) is 0 Å². The molecule has 1 aliphatic heterocycles. The summed E-state index contributed by atoms with van der Waals surface area (Å²) >= 11 is 0. The van der Waals surface area contributed by atoms with E-state index in [1.54, 1.807) is 13.2 Å². The fraction of sp³-hybridized carbons (Fsp3) is 0.375. The second-order valence-corrected chi connectivity index (χ2v) is 7.78. The lowest BCUT2D eigenvalue weighted by Crippen LogP contribution is -2.31. The Labute approximate surface area is 170 Å². The maximum atomic E-state index is 13.1. The molecular formula is C24H26O5. The minimum absolute atomic E-state index is 0.0219. The summed E-state index contributed by atoms with van der Waals surface area (Å²) in [5.41, 5.74) is 1.57. The van der Waals surface area contributed by atoms with E-state index in [-0.39, 0.29) is 18.1 Å². The molecular weight excluding hydrogens is 368 g/mol. The molecule has 2 heterocycles. The van der Waals surface area contributed by atoms with Crippen LogP contribution in [-0.2, 0) is 9.47 Å². The van der Waals surface area contributed by atoms with Crippen molar-refractivity contribution in [2.75, 3.05) is 7.11 Å². The van der Waals surface area contributed by atoms with Gasteiger partial charge in [-0.15, -0.1) is 0 Å². The molecule has 0 bridgehead atoms. The average Bonchev–Trinajstić information content (AvgIpc) is 2.97. The van der Waals surface area contributed by atoms with Crippen molar-refractivity contribution >= 4 is 11.0 Å².